The van der Waals surface area contributed by atoms with E-state index in [4.69, 9.17) is 0 Å². The lowest BCUT2D eigenvalue weighted by atomic mass is 9.89. The van der Waals surface area contributed by atoms with E-state index < -0.39 is 0 Å². The number of hydrogen-bond donors (Lipinski definition) is 0. The molecule has 1 atom stereocenters. The Morgan fingerprint density at radius 1 is 0.846 bits per heavy atom. The molecule has 2 aliphatic heterocycles. The summed E-state index contributed by atoms with van der Waals surface area (Å²) in [6.07, 6.45) is 1.04. The molecule has 3 aromatic rings. The largest absolute Gasteiger partial charge is 0.349 e. The summed E-state index contributed by atoms with van der Waals surface area (Å²) in [6, 6.07) is 25.2. The first-order valence-corrected chi connectivity index (χ1v) is 9.44. The first-order chi connectivity index (χ1) is 12.7. The van der Waals surface area contributed by atoms with Crippen LogP contribution in [-0.4, -0.2) is 6.67 Å². The fourth-order valence-electron chi connectivity index (χ4n) is 4.52. The lowest BCUT2D eigenvalue weighted by Crippen LogP contribution is -2.49. The summed E-state index contributed by atoms with van der Waals surface area (Å²) >= 11 is 0. The molecule has 0 N–H and O–H groups in total. The van der Waals surface area contributed by atoms with Crippen molar-refractivity contribution in [3.05, 3.63) is 94.5 Å². The highest BCUT2D eigenvalue weighted by molar-refractivity contribution is 5.70. The first kappa shape index (κ1) is 15.5. The molecule has 0 spiro atoms. The van der Waals surface area contributed by atoms with Gasteiger partial charge in [-0.2, -0.15) is 0 Å². The second-order valence-corrected chi connectivity index (χ2v) is 7.71. The van der Waals surface area contributed by atoms with Gasteiger partial charge in [0.2, 0.25) is 0 Å². The molecule has 2 bridgehead atoms. The summed E-state index contributed by atoms with van der Waals surface area (Å²) < 4.78 is 0. The van der Waals surface area contributed by atoms with Crippen molar-refractivity contribution >= 4 is 11.4 Å². The van der Waals surface area contributed by atoms with E-state index in [2.05, 4.69) is 90.4 Å². The average Bonchev–Trinajstić information content (AvgIpc) is 2.65. The molecular weight excluding hydrogens is 316 g/mol. The van der Waals surface area contributed by atoms with E-state index in [-0.39, 0.29) is 0 Å². The summed E-state index contributed by atoms with van der Waals surface area (Å²) in [5.41, 5.74) is 9.80. The fourth-order valence-corrected chi connectivity index (χ4v) is 4.52. The molecule has 5 rings (SSSR count). The normalized spacial score (nSPS) is 17.7. The van der Waals surface area contributed by atoms with Gasteiger partial charge in [0.05, 0.1) is 12.7 Å². The summed E-state index contributed by atoms with van der Waals surface area (Å²) in [4.78, 5) is 5.13. The number of fused-ring (bicyclic) bond motifs is 6. The number of rotatable bonds is 2. The van der Waals surface area contributed by atoms with Gasteiger partial charge in [0.25, 0.3) is 0 Å². The van der Waals surface area contributed by atoms with Crippen molar-refractivity contribution in [3.8, 4) is 0 Å². The van der Waals surface area contributed by atoms with Crippen LogP contribution in [0.2, 0.25) is 0 Å². The van der Waals surface area contributed by atoms with Gasteiger partial charge in [0.1, 0.15) is 0 Å². The standard InChI is InChI=1S/C24H24N2/c1-17-8-10-22-20(12-17)15-25-16-26(22)24(14-19-6-4-3-5-7-19)21-13-18(2)9-11-23(21)25/h3-13,24H,14-16H2,1-2H3/t24-/m1/s1. The van der Waals surface area contributed by atoms with Gasteiger partial charge in [-0.1, -0.05) is 65.7 Å². The lowest BCUT2D eigenvalue weighted by Gasteiger charge is -2.49. The van der Waals surface area contributed by atoms with Crippen LogP contribution in [0.25, 0.3) is 0 Å². The van der Waals surface area contributed by atoms with Crippen molar-refractivity contribution < 1.29 is 0 Å². The quantitative estimate of drug-likeness (QED) is 0.617. The number of aryl methyl sites for hydroxylation is 2. The van der Waals surface area contributed by atoms with E-state index in [1.807, 2.05) is 0 Å². The number of anilines is 2. The van der Waals surface area contributed by atoms with Gasteiger partial charge < -0.3 is 9.80 Å². The van der Waals surface area contributed by atoms with Crippen LogP contribution in [-0.2, 0) is 13.0 Å². The molecule has 0 saturated carbocycles. The number of benzene rings is 3. The Morgan fingerprint density at radius 3 is 2.38 bits per heavy atom. The third kappa shape index (κ3) is 2.48. The average molecular weight is 340 g/mol. The van der Waals surface area contributed by atoms with Gasteiger partial charge in [-0.05, 0) is 49.1 Å². The van der Waals surface area contributed by atoms with Gasteiger partial charge in [-0.15, -0.1) is 0 Å². The molecule has 0 aliphatic carbocycles. The number of nitrogens with zero attached hydrogens (tertiary/aromatic N) is 2. The number of hydrogen-bond acceptors (Lipinski definition) is 2. The van der Waals surface area contributed by atoms with Crippen LogP contribution in [0.1, 0.15) is 33.9 Å². The smallest absolute Gasteiger partial charge is 0.0912 e. The zero-order valence-corrected chi connectivity index (χ0v) is 15.4. The summed E-state index contributed by atoms with van der Waals surface area (Å²) in [5.74, 6) is 0. The molecule has 0 saturated heterocycles. The maximum absolute atomic E-state index is 2.60. The van der Waals surface area contributed by atoms with E-state index in [1.54, 1.807) is 0 Å². The molecule has 3 aromatic carbocycles. The molecule has 2 heteroatoms. The van der Waals surface area contributed by atoms with Crippen LogP contribution in [0, 0.1) is 13.8 Å². The topological polar surface area (TPSA) is 6.48 Å². The molecule has 0 radical (unpaired) electrons. The van der Waals surface area contributed by atoms with Crippen molar-refractivity contribution in [2.75, 3.05) is 16.5 Å². The Morgan fingerprint density at radius 2 is 1.58 bits per heavy atom. The Bertz CT molecular complexity index is 961. The molecule has 26 heavy (non-hydrogen) atoms. The minimum absolute atomic E-state index is 0.380. The Kier molecular flexibility index (Phi) is 3.53. The van der Waals surface area contributed by atoms with Crippen molar-refractivity contribution in [1.82, 2.24) is 0 Å². The minimum atomic E-state index is 0.380. The molecule has 2 heterocycles. The van der Waals surface area contributed by atoms with Crippen LogP contribution in [0.4, 0.5) is 11.4 Å². The van der Waals surface area contributed by atoms with Crippen LogP contribution in [0.5, 0.6) is 0 Å². The van der Waals surface area contributed by atoms with E-state index in [1.165, 1.54) is 39.2 Å². The zero-order valence-electron chi connectivity index (χ0n) is 15.4. The molecule has 2 aliphatic rings. The SMILES string of the molecule is Cc1ccc2c(c1)CN1CN2[C@H](Cc2ccccc2)c2cc(C)ccc21. The lowest BCUT2D eigenvalue weighted by molar-refractivity contribution is 0.546. The molecule has 0 fully saturated rings. The molecule has 2 nitrogen and oxygen atoms in total. The van der Waals surface area contributed by atoms with Gasteiger partial charge in [0.15, 0.2) is 0 Å². The van der Waals surface area contributed by atoms with Crippen molar-refractivity contribution in [2.24, 2.45) is 0 Å². The van der Waals surface area contributed by atoms with E-state index in [9.17, 15) is 0 Å². The first-order valence-electron chi connectivity index (χ1n) is 9.44. The third-order valence-corrected chi connectivity index (χ3v) is 5.76. The Labute approximate surface area is 155 Å². The highest BCUT2D eigenvalue weighted by atomic mass is 15.4. The second kappa shape index (κ2) is 5.91. The molecule has 0 aromatic heterocycles. The van der Waals surface area contributed by atoms with Gasteiger partial charge in [-0.25, -0.2) is 0 Å². The van der Waals surface area contributed by atoms with Crippen LogP contribution in [0.15, 0.2) is 66.7 Å². The maximum atomic E-state index is 2.60. The molecular formula is C24H24N2. The zero-order chi connectivity index (χ0) is 17.7. The second-order valence-electron chi connectivity index (χ2n) is 7.71. The van der Waals surface area contributed by atoms with Gasteiger partial charge in [0, 0.05) is 17.9 Å². The van der Waals surface area contributed by atoms with E-state index >= 15 is 0 Å². The molecule has 130 valence electrons. The van der Waals surface area contributed by atoms with Crippen LogP contribution in [0.3, 0.4) is 0 Å². The third-order valence-electron chi connectivity index (χ3n) is 5.76. The van der Waals surface area contributed by atoms with Crippen molar-refractivity contribution in [3.63, 3.8) is 0 Å². The highest BCUT2D eigenvalue weighted by Gasteiger charge is 2.36. The van der Waals surface area contributed by atoms with Gasteiger partial charge in [-0.3, -0.25) is 0 Å². The summed E-state index contributed by atoms with van der Waals surface area (Å²) in [6.45, 7) is 6.37. The Hall–Kier alpha value is -2.74. The molecule has 0 amide bonds. The van der Waals surface area contributed by atoms with Crippen molar-refractivity contribution in [2.45, 2.75) is 32.9 Å². The summed E-state index contributed by atoms with van der Waals surface area (Å²) in [5, 5.41) is 0. The minimum Gasteiger partial charge on any atom is -0.349 e. The fraction of sp³-hybridized carbons (Fsp3) is 0.250. The predicted molar refractivity (Wildman–Crippen MR) is 109 cm³/mol. The van der Waals surface area contributed by atoms with E-state index in [0.29, 0.717) is 6.04 Å². The van der Waals surface area contributed by atoms with Crippen LogP contribution < -0.4 is 9.80 Å². The highest BCUT2D eigenvalue weighted by Crippen LogP contribution is 2.45. The summed E-state index contributed by atoms with van der Waals surface area (Å²) in [7, 11) is 0. The predicted octanol–water partition coefficient (Wildman–Crippen LogP) is 5.38. The molecule has 0 unspecified atom stereocenters. The Balaban J connectivity index is 1.65. The van der Waals surface area contributed by atoms with Crippen molar-refractivity contribution in [1.29, 1.82) is 0 Å². The van der Waals surface area contributed by atoms with Crippen LogP contribution >= 0.6 is 0 Å². The van der Waals surface area contributed by atoms with Gasteiger partial charge >= 0.3 is 0 Å². The monoisotopic (exact) mass is 340 g/mol. The maximum Gasteiger partial charge on any atom is 0.0912 e. The van der Waals surface area contributed by atoms with E-state index in [0.717, 1.165) is 19.6 Å².